The van der Waals surface area contributed by atoms with E-state index in [1.807, 2.05) is 26.0 Å². The van der Waals surface area contributed by atoms with Gasteiger partial charge >= 0.3 is 5.63 Å². The standard InChI is InChI=1S/C22H21ClO3.C2H6/c1-22(2)9-7-14-3-6-19(18(14)8-10-22)25-16-4-5-17-15(13-23)11-21(24)26-20(17)12-16;1-2/h4-5,7-12,19H,3,6,13H2,1-2H3;1-2H3. The molecular formula is C24H27ClO3. The van der Waals surface area contributed by atoms with Gasteiger partial charge in [-0.05, 0) is 41.7 Å². The molecule has 0 aliphatic heterocycles. The van der Waals surface area contributed by atoms with Crippen LogP contribution < -0.4 is 10.4 Å². The van der Waals surface area contributed by atoms with Crippen LogP contribution >= 0.6 is 11.6 Å². The molecule has 0 bridgehead atoms. The molecule has 0 saturated carbocycles. The molecule has 148 valence electrons. The SMILES string of the molecule is CC.CC1(C)C=CC2=C(C=C1)C(Oc1ccc3c(CCl)cc(=O)oc3c1)CC2. The molecule has 1 unspecified atom stereocenters. The number of ether oxygens (including phenoxy) is 1. The molecule has 1 heterocycles. The van der Waals surface area contributed by atoms with E-state index in [0.717, 1.165) is 23.8 Å². The molecule has 4 rings (SSSR count). The van der Waals surface area contributed by atoms with Crippen molar-refractivity contribution in [1.82, 2.24) is 0 Å². The third-order valence-corrected chi connectivity index (χ3v) is 5.31. The Morgan fingerprint density at radius 1 is 1.18 bits per heavy atom. The highest BCUT2D eigenvalue weighted by molar-refractivity contribution is 6.17. The van der Waals surface area contributed by atoms with E-state index in [-0.39, 0.29) is 17.4 Å². The molecule has 28 heavy (non-hydrogen) atoms. The second-order valence-electron chi connectivity index (χ2n) is 7.50. The summed E-state index contributed by atoms with van der Waals surface area (Å²) >= 11 is 5.94. The van der Waals surface area contributed by atoms with Crippen molar-refractivity contribution in [2.45, 2.75) is 52.5 Å². The molecule has 0 fully saturated rings. The van der Waals surface area contributed by atoms with Crippen LogP contribution in [0.5, 0.6) is 5.75 Å². The Kier molecular flexibility index (Phi) is 6.14. The molecular weight excluding hydrogens is 372 g/mol. The van der Waals surface area contributed by atoms with Crippen molar-refractivity contribution in [1.29, 1.82) is 0 Å². The van der Waals surface area contributed by atoms with Crippen molar-refractivity contribution < 1.29 is 9.15 Å². The molecule has 0 spiro atoms. The Labute approximate surface area is 171 Å². The number of hydrogen-bond donors (Lipinski definition) is 0. The lowest BCUT2D eigenvalue weighted by atomic mass is 9.92. The maximum absolute atomic E-state index is 11.7. The number of fused-ring (bicyclic) bond motifs is 1. The topological polar surface area (TPSA) is 39.4 Å². The Bertz CT molecular complexity index is 1010. The van der Waals surface area contributed by atoms with Crippen LogP contribution in [0.2, 0.25) is 0 Å². The molecule has 0 amide bonds. The molecule has 1 aromatic heterocycles. The lowest BCUT2D eigenvalue weighted by molar-refractivity contribution is 0.241. The van der Waals surface area contributed by atoms with E-state index in [2.05, 4.69) is 38.2 Å². The van der Waals surface area contributed by atoms with Crippen molar-refractivity contribution in [3.63, 3.8) is 0 Å². The average Bonchev–Trinajstić information content (AvgIpc) is 2.99. The summed E-state index contributed by atoms with van der Waals surface area (Å²) in [6.07, 6.45) is 10.9. The van der Waals surface area contributed by atoms with E-state index in [0.29, 0.717) is 11.3 Å². The third kappa shape index (κ3) is 4.25. The van der Waals surface area contributed by atoms with Gasteiger partial charge in [0, 0.05) is 28.8 Å². The first-order valence-electron chi connectivity index (χ1n) is 9.86. The summed E-state index contributed by atoms with van der Waals surface area (Å²) in [5.74, 6) is 0.973. The number of allylic oxidation sites excluding steroid dienone is 4. The van der Waals surface area contributed by atoms with Gasteiger partial charge in [-0.3, -0.25) is 0 Å². The Morgan fingerprint density at radius 2 is 1.93 bits per heavy atom. The zero-order valence-electron chi connectivity index (χ0n) is 16.9. The van der Waals surface area contributed by atoms with Crippen LogP contribution in [0.15, 0.2) is 68.9 Å². The van der Waals surface area contributed by atoms with Crippen molar-refractivity contribution in [3.05, 3.63) is 75.7 Å². The number of alkyl halides is 1. The summed E-state index contributed by atoms with van der Waals surface area (Å²) in [5.41, 5.74) is 3.52. The van der Waals surface area contributed by atoms with Crippen LogP contribution in [-0.4, -0.2) is 6.10 Å². The maximum atomic E-state index is 11.7. The monoisotopic (exact) mass is 398 g/mol. The van der Waals surface area contributed by atoms with Crippen molar-refractivity contribution >= 4 is 22.6 Å². The molecule has 2 aromatic rings. The van der Waals surface area contributed by atoms with Gasteiger partial charge in [0.2, 0.25) is 0 Å². The largest absolute Gasteiger partial charge is 0.486 e. The first-order chi connectivity index (χ1) is 13.4. The fraction of sp³-hybridized carbons (Fsp3) is 0.375. The van der Waals surface area contributed by atoms with Gasteiger partial charge in [0.15, 0.2) is 0 Å². The van der Waals surface area contributed by atoms with Gasteiger partial charge in [-0.2, -0.15) is 0 Å². The molecule has 2 aliphatic carbocycles. The Hall–Kier alpha value is -2.26. The van der Waals surface area contributed by atoms with E-state index in [4.69, 9.17) is 20.8 Å². The third-order valence-electron chi connectivity index (χ3n) is 5.02. The lowest BCUT2D eigenvalue weighted by Gasteiger charge is -2.17. The number of benzene rings is 1. The zero-order valence-corrected chi connectivity index (χ0v) is 17.7. The molecule has 1 aromatic carbocycles. The second-order valence-corrected chi connectivity index (χ2v) is 7.76. The van der Waals surface area contributed by atoms with Gasteiger partial charge in [-0.25, -0.2) is 4.79 Å². The fourth-order valence-electron chi connectivity index (χ4n) is 3.54. The first-order valence-corrected chi connectivity index (χ1v) is 10.4. The van der Waals surface area contributed by atoms with Crippen LogP contribution in [0.4, 0.5) is 0 Å². The summed E-state index contributed by atoms with van der Waals surface area (Å²) in [6, 6.07) is 7.04. The van der Waals surface area contributed by atoms with E-state index < -0.39 is 5.63 Å². The van der Waals surface area contributed by atoms with Crippen LogP contribution in [0.1, 0.15) is 46.1 Å². The van der Waals surface area contributed by atoms with Gasteiger partial charge in [0.1, 0.15) is 17.4 Å². The van der Waals surface area contributed by atoms with E-state index >= 15 is 0 Å². The van der Waals surface area contributed by atoms with Gasteiger partial charge in [-0.1, -0.05) is 52.0 Å². The van der Waals surface area contributed by atoms with Crippen molar-refractivity contribution in [3.8, 4) is 5.75 Å². The molecule has 1 atom stereocenters. The molecule has 0 N–H and O–H groups in total. The number of rotatable bonds is 3. The number of halogens is 1. The minimum absolute atomic E-state index is 0.0141. The van der Waals surface area contributed by atoms with Crippen molar-refractivity contribution in [2.24, 2.45) is 5.41 Å². The number of hydrogen-bond acceptors (Lipinski definition) is 3. The highest BCUT2D eigenvalue weighted by atomic mass is 35.5. The Morgan fingerprint density at radius 3 is 2.68 bits per heavy atom. The zero-order chi connectivity index (χ0) is 20.3. The van der Waals surface area contributed by atoms with E-state index in [1.54, 1.807) is 6.07 Å². The second kappa shape index (κ2) is 8.40. The van der Waals surface area contributed by atoms with E-state index in [1.165, 1.54) is 17.2 Å². The summed E-state index contributed by atoms with van der Waals surface area (Å²) in [4.78, 5) is 11.7. The summed E-state index contributed by atoms with van der Waals surface area (Å²) < 4.78 is 11.6. The predicted molar refractivity (Wildman–Crippen MR) is 116 cm³/mol. The molecule has 2 aliphatic rings. The molecule has 0 radical (unpaired) electrons. The van der Waals surface area contributed by atoms with Crippen LogP contribution in [0, 0.1) is 5.41 Å². The van der Waals surface area contributed by atoms with Gasteiger partial charge in [-0.15, -0.1) is 11.6 Å². The normalized spacial score (nSPS) is 19.8. The van der Waals surface area contributed by atoms with E-state index in [9.17, 15) is 4.79 Å². The van der Waals surface area contributed by atoms with Gasteiger partial charge < -0.3 is 9.15 Å². The first kappa shape index (κ1) is 20.5. The van der Waals surface area contributed by atoms with Crippen LogP contribution in [0.3, 0.4) is 0 Å². The molecule has 4 heteroatoms. The molecule has 3 nitrogen and oxygen atoms in total. The Balaban J connectivity index is 0.00000109. The highest BCUT2D eigenvalue weighted by Crippen LogP contribution is 2.36. The summed E-state index contributed by atoms with van der Waals surface area (Å²) in [5, 5.41) is 0.845. The highest BCUT2D eigenvalue weighted by Gasteiger charge is 2.27. The average molecular weight is 399 g/mol. The summed E-state index contributed by atoms with van der Waals surface area (Å²) in [7, 11) is 0. The van der Waals surface area contributed by atoms with Crippen LogP contribution in [0.25, 0.3) is 11.0 Å². The quantitative estimate of drug-likeness (QED) is 0.434. The van der Waals surface area contributed by atoms with Gasteiger partial charge in [0.25, 0.3) is 0 Å². The van der Waals surface area contributed by atoms with Gasteiger partial charge in [0.05, 0.1) is 0 Å². The minimum Gasteiger partial charge on any atom is -0.486 e. The summed E-state index contributed by atoms with van der Waals surface area (Å²) in [6.45, 7) is 8.38. The molecule has 0 saturated heterocycles. The smallest absolute Gasteiger partial charge is 0.336 e. The fourth-order valence-corrected chi connectivity index (χ4v) is 3.76. The lowest BCUT2D eigenvalue weighted by Crippen LogP contribution is -2.15. The predicted octanol–water partition coefficient (Wildman–Crippen LogP) is 6.55. The minimum atomic E-state index is -0.393. The van der Waals surface area contributed by atoms with Crippen LogP contribution in [-0.2, 0) is 5.88 Å². The maximum Gasteiger partial charge on any atom is 0.336 e. The van der Waals surface area contributed by atoms with Crippen molar-refractivity contribution in [2.75, 3.05) is 0 Å².